The van der Waals surface area contributed by atoms with Gasteiger partial charge in [-0.15, -0.1) is 0 Å². The van der Waals surface area contributed by atoms with Gasteiger partial charge in [-0.1, -0.05) is 17.7 Å². The largest absolute Gasteiger partial charge is 0.479 e. The van der Waals surface area contributed by atoms with Gasteiger partial charge in [-0.2, -0.15) is 0 Å². The van der Waals surface area contributed by atoms with Gasteiger partial charge in [-0.25, -0.2) is 4.79 Å². The van der Waals surface area contributed by atoms with E-state index in [1.54, 1.807) is 18.2 Å². The normalized spacial score (nSPS) is 12.2. The van der Waals surface area contributed by atoms with Crippen LogP contribution in [0.25, 0.3) is 0 Å². The zero-order chi connectivity index (χ0) is 10.7. The Morgan fingerprint density at radius 2 is 2.29 bits per heavy atom. The molecule has 1 atom stereocenters. The molecule has 14 heavy (non-hydrogen) atoms. The molecule has 0 bridgehead atoms. The predicted molar refractivity (Wildman–Crippen MR) is 56.9 cm³/mol. The molecule has 1 aromatic carbocycles. The first-order valence-electron chi connectivity index (χ1n) is 3.86. The van der Waals surface area contributed by atoms with Crippen molar-refractivity contribution >= 4 is 33.5 Å². The van der Waals surface area contributed by atoms with Crippen LogP contribution in [0.5, 0.6) is 5.75 Å². The summed E-state index contributed by atoms with van der Waals surface area (Å²) in [4.78, 5) is 10.5. The van der Waals surface area contributed by atoms with Crippen molar-refractivity contribution in [1.29, 1.82) is 0 Å². The summed E-state index contributed by atoms with van der Waals surface area (Å²) in [5.41, 5.74) is 0. The zero-order valence-electron chi connectivity index (χ0n) is 7.33. The van der Waals surface area contributed by atoms with Gasteiger partial charge in [0.1, 0.15) is 0 Å². The first-order chi connectivity index (χ1) is 6.52. The average Bonchev–Trinajstić information content (AvgIpc) is 2.11. The van der Waals surface area contributed by atoms with E-state index in [4.69, 9.17) is 21.4 Å². The number of rotatable bonds is 3. The van der Waals surface area contributed by atoms with Crippen molar-refractivity contribution in [1.82, 2.24) is 0 Å². The fourth-order valence-corrected chi connectivity index (χ4v) is 1.62. The molecule has 0 spiro atoms. The molecule has 0 aromatic heterocycles. The molecule has 0 fully saturated rings. The number of benzene rings is 1. The highest BCUT2D eigenvalue weighted by Gasteiger charge is 2.16. The van der Waals surface area contributed by atoms with Crippen molar-refractivity contribution in [2.24, 2.45) is 0 Å². The Bertz CT molecular complexity index is 334. The smallest absolute Gasteiger partial charge is 0.344 e. The zero-order valence-corrected chi connectivity index (χ0v) is 9.67. The molecule has 0 radical (unpaired) electrons. The molecule has 76 valence electrons. The second-order valence-corrected chi connectivity index (χ2v) is 3.91. The molecule has 0 aliphatic rings. The Balaban J connectivity index is 2.91. The van der Waals surface area contributed by atoms with E-state index in [9.17, 15) is 4.79 Å². The van der Waals surface area contributed by atoms with Crippen LogP contribution < -0.4 is 4.74 Å². The Hall–Kier alpha value is -0.740. The van der Waals surface area contributed by atoms with Gasteiger partial charge in [-0.05, 0) is 35.0 Å². The average molecular weight is 280 g/mol. The molecule has 1 unspecified atom stereocenters. The van der Waals surface area contributed by atoms with E-state index in [0.717, 1.165) is 0 Å². The van der Waals surface area contributed by atoms with Crippen LogP contribution in [0.1, 0.15) is 6.92 Å². The molecule has 1 N–H and O–H groups in total. The number of halogens is 2. The molecular formula is C9H8BrClO3. The van der Waals surface area contributed by atoms with Crippen molar-refractivity contribution in [2.45, 2.75) is 13.0 Å². The third-order valence-corrected chi connectivity index (χ3v) is 2.48. The van der Waals surface area contributed by atoms with Gasteiger partial charge in [0.25, 0.3) is 0 Å². The summed E-state index contributed by atoms with van der Waals surface area (Å²) < 4.78 is 5.80. The van der Waals surface area contributed by atoms with Crippen molar-refractivity contribution in [3.63, 3.8) is 0 Å². The Morgan fingerprint density at radius 3 is 2.79 bits per heavy atom. The molecule has 0 aliphatic heterocycles. The van der Waals surface area contributed by atoms with E-state index in [-0.39, 0.29) is 0 Å². The van der Waals surface area contributed by atoms with Gasteiger partial charge in [0.15, 0.2) is 11.9 Å². The topological polar surface area (TPSA) is 46.5 Å². The van der Waals surface area contributed by atoms with E-state index in [1.807, 2.05) is 0 Å². The molecular weight excluding hydrogens is 271 g/mol. The van der Waals surface area contributed by atoms with Crippen molar-refractivity contribution in [2.75, 3.05) is 0 Å². The monoisotopic (exact) mass is 278 g/mol. The lowest BCUT2D eigenvalue weighted by molar-refractivity contribution is -0.144. The minimum Gasteiger partial charge on any atom is -0.479 e. The maximum atomic E-state index is 10.5. The van der Waals surface area contributed by atoms with Gasteiger partial charge < -0.3 is 9.84 Å². The molecule has 1 aromatic rings. The lowest BCUT2D eigenvalue weighted by Gasteiger charge is -2.12. The molecule has 1 rings (SSSR count). The van der Waals surface area contributed by atoms with Crippen LogP contribution in [0.2, 0.25) is 5.02 Å². The molecule has 5 heteroatoms. The fraction of sp³-hybridized carbons (Fsp3) is 0.222. The minimum absolute atomic E-state index is 0.351. The number of hydrogen-bond acceptors (Lipinski definition) is 2. The van der Waals surface area contributed by atoms with Crippen LogP contribution in [0.4, 0.5) is 0 Å². The van der Waals surface area contributed by atoms with Gasteiger partial charge in [0.05, 0.1) is 9.50 Å². The fourth-order valence-electron chi connectivity index (χ4n) is 0.822. The van der Waals surface area contributed by atoms with Crippen molar-refractivity contribution < 1.29 is 14.6 Å². The molecule has 0 heterocycles. The van der Waals surface area contributed by atoms with Crippen LogP contribution in [0.3, 0.4) is 0 Å². The standard InChI is InChI=1S/C9H8BrClO3/c1-5(9(12)13)14-8-6(10)3-2-4-7(8)11/h2-5H,1H3,(H,12,13). The summed E-state index contributed by atoms with van der Waals surface area (Å²) in [6, 6.07) is 5.11. The van der Waals surface area contributed by atoms with Crippen LogP contribution in [-0.2, 0) is 4.79 Å². The molecule has 0 saturated carbocycles. The predicted octanol–water partition coefficient (Wildman–Crippen LogP) is 2.95. The highest BCUT2D eigenvalue weighted by molar-refractivity contribution is 9.10. The lowest BCUT2D eigenvalue weighted by atomic mass is 10.3. The summed E-state index contributed by atoms with van der Waals surface area (Å²) in [6.07, 6.45) is -0.925. The molecule has 0 saturated heterocycles. The summed E-state index contributed by atoms with van der Waals surface area (Å²) in [6.45, 7) is 1.44. The summed E-state index contributed by atoms with van der Waals surface area (Å²) >= 11 is 9.05. The van der Waals surface area contributed by atoms with Crippen molar-refractivity contribution in [3.05, 3.63) is 27.7 Å². The third kappa shape index (κ3) is 2.62. The van der Waals surface area contributed by atoms with E-state index >= 15 is 0 Å². The molecule has 0 aliphatic carbocycles. The second kappa shape index (κ2) is 4.66. The van der Waals surface area contributed by atoms with E-state index < -0.39 is 12.1 Å². The van der Waals surface area contributed by atoms with Crippen LogP contribution in [0, 0.1) is 0 Å². The van der Waals surface area contributed by atoms with Crippen molar-refractivity contribution in [3.8, 4) is 5.75 Å². The highest BCUT2D eigenvalue weighted by Crippen LogP contribution is 2.33. The Kier molecular flexibility index (Phi) is 3.77. The van der Waals surface area contributed by atoms with Gasteiger partial charge in [0.2, 0.25) is 0 Å². The summed E-state index contributed by atoms with van der Waals surface area (Å²) in [7, 11) is 0. The SMILES string of the molecule is CC(Oc1c(Cl)cccc1Br)C(=O)O. The van der Waals surface area contributed by atoms with E-state index in [2.05, 4.69) is 15.9 Å². The number of para-hydroxylation sites is 1. The maximum absolute atomic E-state index is 10.5. The Morgan fingerprint density at radius 1 is 1.64 bits per heavy atom. The summed E-state index contributed by atoms with van der Waals surface area (Å²) in [5.74, 6) is -0.680. The van der Waals surface area contributed by atoms with E-state index in [0.29, 0.717) is 15.2 Å². The number of carboxylic acids is 1. The van der Waals surface area contributed by atoms with Crippen LogP contribution >= 0.6 is 27.5 Å². The van der Waals surface area contributed by atoms with E-state index in [1.165, 1.54) is 6.92 Å². The quantitative estimate of drug-likeness (QED) is 0.925. The number of aliphatic carboxylic acids is 1. The van der Waals surface area contributed by atoms with Gasteiger partial charge >= 0.3 is 5.97 Å². The minimum atomic E-state index is -1.03. The van der Waals surface area contributed by atoms with Crippen LogP contribution in [0.15, 0.2) is 22.7 Å². The highest BCUT2D eigenvalue weighted by atomic mass is 79.9. The second-order valence-electron chi connectivity index (χ2n) is 2.65. The number of hydrogen-bond donors (Lipinski definition) is 1. The maximum Gasteiger partial charge on any atom is 0.344 e. The number of carboxylic acid groups (broad SMARTS) is 1. The van der Waals surface area contributed by atoms with Gasteiger partial charge in [0, 0.05) is 0 Å². The molecule has 0 amide bonds. The lowest BCUT2D eigenvalue weighted by Crippen LogP contribution is -2.23. The third-order valence-electron chi connectivity index (χ3n) is 1.56. The Labute approximate surface area is 94.8 Å². The first kappa shape index (κ1) is 11.3. The summed E-state index contributed by atoms with van der Waals surface area (Å²) in [5, 5.41) is 9.02. The van der Waals surface area contributed by atoms with Gasteiger partial charge in [-0.3, -0.25) is 0 Å². The van der Waals surface area contributed by atoms with Crippen LogP contribution in [-0.4, -0.2) is 17.2 Å². The first-order valence-corrected chi connectivity index (χ1v) is 5.03. The number of ether oxygens (including phenoxy) is 1. The molecule has 3 nitrogen and oxygen atoms in total. The number of carbonyl (C=O) groups is 1.